The SMILES string of the molecule is O=C(O)c1[c]c(C(=O)O)c(C(=O)O)c(C(=O)O)c1C(=O)O. The number of carbonyl (C=O) groups is 5. The van der Waals surface area contributed by atoms with Crippen molar-refractivity contribution in [2.45, 2.75) is 0 Å². The number of hydrogen-bond acceptors (Lipinski definition) is 5. The summed E-state index contributed by atoms with van der Waals surface area (Å²) in [6.07, 6.45) is 0. The van der Waals surface area contributed by atoms with Gasteiger partial charge >= 0.3 is 29.8 Å². The lowest BCUT2D eigenvalue weighted by Gasteiger charge is -2.11. The third kappa shape index (κ3) is 2.63. The molecule has 1 aromatic rings. The molecule has 1 rings (SSSR count). The lowest BCUT2D eigenvalue weighted by Crippen LogP contribution is -2.23. The fourth-order valence-corrected chi connectivity index (χ4v) is 1.59. The first-order valence-corrected chi connectivity index (χ1v) is 4.89. The molecule has 0 aromatic heterocycles. The number of rotatable bonds is 5. The van der Waals surface area contributed by atoms with Gasteiger partial charge in [-0.15, -0.1) is 0 Å². The molecule has 21 heavy (non-hydrogen) atoms. The van der Waals surface area contributed by atoms with Gasteiger partial charge in [0.25, 0.3) is 0 Å². The van der Waals surface area contributed by atoms with Crippen LogP contribution in [0.1, 0.15) is 51.8 Å². The van der Waals surface area contributed by atoms with E-state index in [1.54, 1.807) is 6.07 Å². The lowest BCUT2D eigenvalue weighted by molar-refractivity contribution is 0.0609. The fraction of sp³-hybridized carbons (Fsp3) is 0. The van der Waals surface area contributed by atoms with Crippen molar-refractivity contribution >= 4 is 29.8 Å². The largest absolute Gasteiger partial charge is 0.478 e. The first-order valence-electron chi connectivity index (χ1n) is 4.89. The van der Waals surface area contributed by atoms with Crippen molar-refractivity contribution in [3.63, 3.8) is 0 Å². The molecule has 0 heterocycles. The highest BCUT2D eigenvalue weighted by Gasteiger charge is 2.34. The molecule has 1 radical (unpaired) electrons. The first-order chi connectivity index (χ1) is 9.59. The van der Waals surface area contributed by atoms with E-state index in [0.717, 1.165) is 0 Å². The Balaban J connectivity index is 4.13. The molecular weight excluding hydrogens is 292 g/mol. The Morgan fingerprint density at radius 2 is 0.810 bits per heavy atom. The van der Waals surface area contributed by atoms with Gasteiger partial charge in [-0.2, -0.15) is 0 Å². The predicted octanol–water partition coefficient (Wildman–Crippen LogP) is -0.0222. The van der Waals surface area contributed by atoms with Crippen LogP contribution >= 0.6 is 0 Å². The number of carboxylic acids is 5. The van der Waals surface area contributed by atoms with Gasteiger partial charge in [0.2, 0.25) is 0 Å². The van der Waals surface area contributed by atoms with E-state index in [1.807, 2.05) is 0 Å². The summed E-state index contributed by atoms with van der Waals surface area (Å²) in [7, 11) is 0. The second-order valence-electron chi connectivity index (χ2n) is 3.53. The molecule has 5 N–H and O–H groups in total. The number of aromatic carboxylic acids is 5. The van der Waals surface area contributed by atoms with E-state index >= 15 is 0 Å². The van der Waals surface area contributed by atoms with Gasteiger partial charge in [-0.05, 0) is 0 Å². The van der Waals surface area contributed by atoms with E-state index in [4.69, 9.17) is 25.5 Å². The van der Waals surface area contributed by atoms with Crippen LogP contribution in [0.5, 0.6) is 0 Å². The van der Waals surface area contributed by atoms with E-state index in [-0.39, 0.29) is 0 Å². The van der Waals surface area contributed by atoms with Crippen LogP contribution in [0.15, 0.2) is 0 Å². The van der Waals surface area contributed by atoms with E-state index in [0.29, 0.717) is 0 Å². The van der Waals surface area contributed by atoms with Crippen molar-refractivity contribution in [3.05, 3.63) is 33.9 Å². The molecule has 0 aliphatic rings. The minimum atomic E-state index is -2.09. The molecule has 10 heteroatoms. The molecule has 0 saturated heterocycles. The Kier molecular flexibility index (Phi) is 3.93. The van der Waals surface area contributed by atoms with Gasteiger partial charge in [-0.3, -0.25) is 0 Å². The number of hydrogen-bond donors (Lipinski definition) is 5. The Labute approximate surface area is 114 Å². The summed E-state index contributed by atoms with van der Waals surface area (Å²) in [4.78, 5) is 55.0. The Morgan fingerprint density at radius 3 is 1.00 bits per heavy atom. The van der Waals surface area contributed by atoms with Crippen molar-refractivity contribution in [1.29, 1.82) is 0 Å². The summed E-state index contributed by atoms with van der Waals surface area (Å²) in [6, 6.07) is 1.61. The molecule has 0 spiro atoms. The van der Waals surface area contributed by atoms with Crippen molar-refractivity contribution in [1.82, 2.24) is 0 Å². The molecule has 0 bridgehead atoms. The van der Waals surface area contributed by atoms with Crippen LogP contribution in [0.3, 0.4) is 0 Å². The summed E-state index contributed by atoms with van der Waals surface area (Å²) >= 11 is 0. The molecule has 0 saturated carbocycles. The smallest absolute Gasteiger partial charge is 0.337 e. The summed E-state index contributed by atoms with van der Waals surface area (Å²) < 4.78 is 0. The Hall–Kier alpha value is -3.43. The summed E-state index contributed by atoms with van der Waals surface area (Å²) in [5.74, 6) is -10.1. The van der Waals surface area contributed by atoms with Crippen molar-refractivity contribution < 1.29 is 49.5 Å². The maximum Gasteiger partial charge on any atom is 0.337 e. The lowest BCUT2D eigenvalue weighted by atomic mass is 9.91. The van der Waals surface area contributed by atoms with Crippen molar-refractivity contribution in [3.8, 4) is 0 Å². The zero-order valence-corrected chi connectivity index (χ0v) is 9.78. The molecule has 1 aromatic carbocycles. The molecule has 109 valence electrons. The maximum absolute atomic E-state index is 11.1. The highest BCUT2D eigenvalue weighted by Crippen LogP contribution is 2.24. The van der Waals surface area contributed by atoms with Crippen LogP contribution in [-0.4, -0.2) is 55.4 Å². The number of benzene rings is 1. The molecule has 0 unspecified atom stereocenters. The van der Waals surface area contributed by atoms with Gasteiger partial charge in [-0.1, -0.05) is 0 Å². The summed E-state index contributed by atoms with van der Waals surface area (Å²) in [5.41, 5.74) is -6.69. The van der Waals surface area contributed by atoms with Gasteiger partial charge in [0.05, 0.1) is 27.8 Å². The van der Waals surface area contributed by atoms with Gasteiger partial charge in [0.1, 0.15) is 0 Å². The van der Waals surface area contributed by atoms with E-state index < -0.39 is 57.7 Å². The highest BCUT2D eigenvalue weighted by atomic mass is 16.4. The van der Waals surface area contributed by atoms with Crippen LogP contribution < -0.4 is 0 Å². The summed E-state index contributed by atoms with van der Waals surface area (Å²) in [6.45, 7) is 0. The van der Waals surface area contributed by atoms with Gasteiger partial charge in [0.15, 0.2) is 0 Å². The van der Waals surface area contributed by atoms with Crippen molar-refractivity contribution in [2.24, 2.45) is 0 Å². The third-order valence-corrected chi connectivity index (χ3v) is 2.32. The second kappa shape index (κ2) is 5.28. The molecule has 0 amide bonds. The van der Waals surface area contributed by atoms with Crippen LogP contribution in [0.4, 0.5) is 0 Å². The standard InChI is InChI=1S/C11H5O10/c12-7(13)2-1-3(8(14)15)5(10(18)19)6(11(20)21)4(2)9(16)17/h(H,12,13)(H,14,15)(H,16,17)(H,18,19)(H,20,21). The Bertz CT molecular complexity index is 649. The second-order valence-corrected chi connectivity index (χ2v) is 3.53. The van der Waals surface area contributed by atoms with Gasteiger partial charge in [-0.25, -0.2) is 24.0 Å². The predicted molar refractivity (Wildman–Crippen MR) is 60.1 cm³/mol. The maximum atomic E-state index is 11.1. The van der Waals surface area contributed by atoms with Crippen LogP contribution in [0, 0.1) is 6.07 Å². The minimum Gasteiger partial charge on any atom is -0.478 e. The average Bonchev–Trinajstić information content (AvgIpc) is 2.34. The quantitative estimate of drug-likeness (QED) is 0.494. The van der Waals surface area contributed by atoms with E-state index in [2.05, 4.69) is 0 Å². The van der Waals surface area contributed by atoms with E-state index in [9.17, 15) is 24.0 Å². The number of carboxylic acid groups (broad SMARTS) is 5. The molecular formula is C11H5O10. The third-order valence-electron chi connectivity index (χ3n) is 2.32. The highest BCUT2D eigenvalue weighted by molar-refractivity contribution is 6.17. The topological polar surface area (TPSA) is 186 Å². The van der Waals surface area contributed by atoms with Gasteiger partial charge < -0.3 is 25.5 Å². The average molecular weight is 297 g/mol. The molecule has 0 aliphatic carbocycles. The van der Waals surface area contributed by atoms with E-state index in [1.165, 1.54) is 0 Å². The monoisotopic (exact) mass is 297 g/mol. The minimum absolute atomic E-state index is 1.26. The van der Waals surface area contributed by atoms with Crippen LogP contribution in [0.2, 0.25) is 0 Å². The first kappa shape index (κ1) is 15.6. The van der Waals surface area contributed by atoms with Crippen LogP contribution in [0.25, 0.3) is 0 Å². The molecule has 0 atom stereocenters. The zero-order valence-electron chi connectivity index (χ0n) is 9.78. The van der Waals surface area contributed by atoms with Gasteiger partial charge in [0, 0.05) is 6.07 Å². The fourth-order valence-electron chi connectivity index (χ4n) is 1.59. The summed E-state index contributed by atoms with van der Waals surface area (Å²) in [5, 5.41) is 44.4. The van der Waals surface area contributed by atoms with Crippen molar-refractivity contribution in [2.75, 3.05) is 0 Å². The molecule has 0 fully saturated rings. The molecule has 0 aliphatic heterocycles. The normalized spacial score (nSPS) is 9.90. The zero-order chi connectivity index (χ0) is 16.5. The molecule has 10 nitrogen and oxygen atoms in total. The van der Waals surface area contributed by atoms with Crippen LogP contribution in [-0.2, 0) is 0 Å². The Morgan fingerprint density at radius 1 is 0.524 bits per heavy atom.